The number of hydrogen-bond acceptors (Lipinski definition) is 6. The van der Waals surface area contributed by atoms with E-state index in [2.05, 4.69) is 71.0 Å². The lowest BCUT2D eigenvalue weighted by Crippen LogP contribution is -2.48. The SMILES string of the molecule is CCOc1cccc(-c2ccc3nc(-c4ccc(C)cc4)c(CN4CCN(C(=O)c5cccc([N+](=O)[O-])c5)CC4)n3c2)c1. The van der Waals surface area contributed by atoms with E-state index in [1.807, 2.05) is 19.1 Å². The van der Waals surface area contributed by atoms with Crippen LogP contribution in [0.5, 0.6) is 5.75 Å². The molecule has 0 aliphatic carbocycles. The van der Waals surface area contributed by atoms with Gasteiger partial charge in [-0.3, -0.25) is 19.8 Å². The van der Waals surface area contributed by atoms with Crippen molar-refractivity contribution in [3.8, 4) is 28.1 Å². The Morgan fingerprint density at radius 3 is 2.40 bits per heavy atom. The van der Waals surface area contributed by atoms with Crippen LogP contribution in [0, 0.1) is 17.0 Å². The van der Waals surface area contributed by atoms with Crippen LogP contribution in [-0.4, -0.2) is 62.8 Å². The van der Waals surface area contributed by atoms with Gasteiger partial charge in [-0.15, -0.1) is 0 Å². The van der Waals surface area contributed by atoms with Gasteiger partial charge in [0.1, 0.15) is 11.4 Å². The zero-order valence-electron chi connectivity index (χ0n) is 24.3. The van der Waals surface area contributed by atoms with Crippen molar-refractivity contribution in [2.75, 3.05) is 32.8 Å². The minimum absolute atomic E-state index is 0.0790. The van der Waals surface area contributed by atoms with Crippen LogP contribution in [0.4, 0.5) is 5.69 Å². The van der Waals surface area contributed by atoms with Gasteiger partial charge in [-0.25, -0.2) is 4.98 Å². The van der Waals surface area contributed by atoms with E-state index in [0.717, 1.165) is 39.5 Å². The van der Waals surface area contributed by atoms with Gasteiger partial charge < -0.3 is 14.0 Å². The van der Waals surface area contributed by atoms with Gasteiger partial charge >= 0.3 is 0 Å². The second-order valence-electron chi connectivity index (χ2n) is 10.8. The highest BCUT2D eigenvalue weighted by atomic mass is 16.6. The van der Waals surface area contributed by atoms with Gasteiger partial charge in [0.2, 0.25) is 0 Å². The fourth-order valence-corrected chi connectivity index (χ4v) is 5.55. The Balaban J connectivity index is 1.28. The maximum absolute atomic E-state index is 13.1. The third kappa shape index (κ3) is 5.98. The zero-order chi connectivity index (χ0) is 29.9. The number of amides is 1. The number of carbonyl (C=O) groups excluding carboxylic acids is 1. The van der Waals surface area contributed by atoms with Gasteiger partial charge in [0.25, 0.3) is 11.6 Å². The molecular formula is C34H33N5O4. The molecule has 218 valence electrons. The molecule has 9 nitrogen and oxygen atoms in total. The van der Waals surface area contributed by atoms with Crippen molar-refractivity contribution in [2.45, 2.75) is 20.4 Å². The second kappa shape index (κ2) is 12.1. The fourth-order valence-electron chi connectivity index (χ4n) is 5.55. The van der Waals surface area contributed by atoms with E-state index in [0.29, 0.717) is 44.9 Å². The van der Waals surface area contributed by atoms with Crippen LogP contribution in [-0.2, 0) is 6.54 Å². The van der Waals surface area contributed by atoms with E-state index in [4.69, 9.17) is 9.72 Å². The van der Waals surface area contributed by atoms with E-state index in [-0.39, 0.29) is 11.6 Å². The smallest absolute Gasteiger partial charge is 0.270 e. The first-order valence-electron chi connectivity index (χ1n) is 14.5. The van der Waals surface area contributed by atoms with Gasteiger partial charge in [0.05, 0.1) is 22.9 Å². The van der Waals surface area contributed by atoms with Crippen LogP contribution in [0.1, 0.15) is 28.5 Å². The lowest BCUT2D eigenvalue weighted by molar-refractivity contribution is -0.384. The number of nitrogens with zero attached hydrogens (tertiary/aromatic N) is 5. The van der Waals surface area contributed by atoms with E-state index in [1.54, 1.807) is 17.0 Å². The largest absolute Gasteiger partial charge is 0.494 e. The van der Waals surface area contributed by atoms with Crippen LogP contribution in [0.15, 0.2) is 91.1 Å². The third-order valence-electron chi connectivity index (χ3n) is 7.86. The first-order chi connectivity index (χ1) is 20.9. The molecule has 0 saturated carbocycles. The molecule has 3 heterocycles. The highest BCUT2D eigenvalue weighted by Crippen LogP contribution is 2.30. The van der Waals surface area contributed by atoms with E-state index in [9.17, 15) is 14.9 Å². The monoisotopic (exact) mass is 575 g/mol. The summed E-state index contributed by atoms with van der Waals surface area (Å²) in [4.78, 5) is 33.0. The Morgan fingerprint density at radius 1 is 0.907 bits per heavy atom. The molecule has 0 radical (unpaired) electrons. The van der Waals surface area contributed by atoms with Crippen molar-refractivity contribution in [3.63, 3.8) is 0 Å². The Hall–Kier alpha value is -5.02. The summed E-state index contributed by atoms with van der Waals surface area (Å²) in [5.41, 5.74) is 7.54. The number of ether oxygens (including phenoxy) is 1. The number of non-ortho nitro benzene ring substituents is 1. The van der Waals surface area contributed by atoms with Crippen molar-refractivity contribution in [1.82, 2.24) is 19.2 Å². The molecular weight excluding hydrogens is 542 g/mol. The minimum atomic E-state index is -0.475. The molecule has 1 saturated heterocycles. The highest BCUT2D eigenvalue weighted by Gasteiger charge is 2.25. The molecule has 0 atom stereocenters. The molecule has 1 aliphatic rings. The summed E-state index contributed by atoms with van der Waals surface area (Å²) in [7, 11) is 0. The van der Waals surface area contributed by atoms with Crippen molar-refractivity contribution in [3.05, 3.63) is 118 Å². The lowest BCUT2D eigenvalue weighted by Gasteiger charge is -2.34. The molecule has 0 spiro atoms. The number of fused-ring (bicyclic) bond motifs is 1. The van der Waals surface area contributed by atoms with Gasteiger partial charge in [0.15, 0.2) is 0 Å². The molecule has 5 aromatic rings. The van der Waals surface area contributed by atoms with Crippen LogP contribution < -0.4 is 4.74 Å². The molecule has 1 fully saturated rings. The Morgan fingerprint density at radius 2 is 1.65 bits per heavy atom. The summed E-state index contributed by atoms with van der Waals surface area (Å²) in [6.07, 6.45) is 2.14. The van der Waals surface area contributed by atoms with Crippen molar-refractivity contribution in [2.24, 2.45) is 0 Å². The molecule has 1 amide bonds. The number of aryl methyl sites for hydroxylation is 1. The zero-order valence-corrected chi connectivity index (χ0v) is 24.3. The number of pyridine rings is 1. The summed E-state index contributed by atoms with van der Waals surface area (Å²) < 4.78 is 7.92. The Kier molecular flexibility index (Phi) is 7.89. The molecule has 3 aromatic carbocycles. The summed E-state index contributed by atoms with van der Waals surface area (Å²) in [6.45, 7) is 7.75. The number of nitro groups is 1. The van der Waals surface area contributed by atoms with Gasteiger partial charge in [0, 0.05) is 62.2 Å². The summed E-state index contributed by atoms with van der Waals surface area (Å²) in [6, 6.07) is 26.6. The number of rotatable bonds is 8. The summed E-state index contributed by atoms with van der Waals surface area (Å²) in [5.74, 6) is 0.654. The molecule has 1 aliphatic heterocycles. The van der Waals surface area contributed by atoms with Crippen molar-refractivity contribution in [1.29, 1.82) is 0 Å². The van der Waals surface area contributed by atoms with Crippen molar-refractivity contribution >= 4 is 17.2 Å². The summed E-state index contributed by atoms with van der Waals surface area (Å²) in [5, 5.41) is 11.2. The first-order valence-corrected chi connectivity index (χ1v) is 14.5. The first kappa shape index (κ1) is 28.1. The van der Waals surface area contributed by atoms with Crippen LogP contribution in [0.2, 0.25) is 0 Å². The number of nitro benzene ring substituents is 1. The molecule has 0 N–H and O–H groups in total. The predicted molar refractivity (Wildman–Crippen MR) is 166 cm³/mol. The highest BCUT2D eigenvalue weighted by molar-refractivity contribution is 5.95. The average molecular weight is 576 g/mol. The molecule has 0 bridgehead atoms. The topological polar surface area (TPSA) is 93.2 Å². The van der Waals surface area contributed by atoms with Gasteiger partial charge in [-0.2, -0.15) is 0 Å². The maximum Gasteiger partial charge on any atom is 0.270 e. The predicted octanol–water partition coefficient (Wildman–Crippen LogP) is 6.24. The third-order valence-corrected chi connectivity index (χ3v) is 7.86. The molecule has 6 rings (SSSR count). The molecule has 0 unspecified atom stereocenters. The quantitative estimate of drug-likeness (QED) is 0.161. The standard InChI is InChI=1S/C34H33N5O4/c1-3-43-30-9-5-6-26(21-30)28-14-15-32-35-33(25-12-10-24(2)11-13-25)31(38(32)22-28)23-36-16-18-37(19-17-36)34(40)27-7-4-8-29(20-27)39(41)42/h4-15,20-22H,3,16-19,23H2,1-2H3. The average Bonchev–Trinajstić information content (AvgIpc) is 3.39. The number of carbonyl (C=O) groups is 1. The van der Waals surface area contributed by atoms with Crippen molar-refractivity contribution < 1.29 is 14.5 Å². The molecule has 43 heavy (non-hydrogen) atoms. The van der Waals surface area contributed by atoms with Crippen LogP contribution >= 0.6 is 0 Å². The second-order valence-corrected chi connectivity index (χ2v) is 10.8. The molecule has 9 heteroatoms. The number of imidazole rings is 1. The van der Waals surface area contributed by atoms with Crippen LogP contribution in [0.25, 0.3) is 28.0 Å². The molecule has 2 aromatic heterocycles. The number of aromatic nitrogens is 2. The normalized spacial score (nSPS) is 13.8. The van der Waals surface area contributed by atoms with Crippen LogP contribution in [0.3, 0.4) is 0 Å². The number of benzene rings is 3. The van der Waals surface area contributed by atoms with E-state index < -0.39 is 4.92 Å². The Labute approximate surface area is 250 Å². The number of piperazine rings is 1. The Bertz CT molecular complexity index is 1790. The minimum Gasteiger partial charge on any atom is -0.494 e. The maximum atomic E-state index is 13.1. The summed E-state index contributed by atoms with van der Waals surface area (Å²) >= 11 is 0. The lowest BCUT2D eigenvalue weighted by atomic mass is 10.1. The van der Waals surface area contributed by atoms with Gasteiger partial charge in [-0.05, 0) is 55.3 Å². The van der Waals surface area contributed by atoms with E-state index in [1.165, 1.54) is 17.7 Å². The number of hydrogen-bond donors (Lipinski definition) is 0. The fraction of sp³-hybridized carbons (Fsp3) is 0.235. The van der Waals surface area contributed by atoms with Gasteiger partial charge in [-0.1, -0.05) is 48.0 Å². The van der Waals surface area contributed by atoms with E-state index >= 15 is 0 Å².